The Morgan fingerprint density at radius 3 is 2.13 bits per heavy atom. The van der Waals surface area contributed by atoms with Crippen molar-refractivity contribution in [3.05, 3.63) is 0 Å². The first-order chi connectivity index (χ1) is 6.61. The molecule has 0 atom stereocenters. The zero-order valence-electron chi connectivity index (χ0n) is 8.77. The first-order valence-corrected chi connectivity index (χ1v) is 4.78. The van der Waals surface area contributed by atoms with E-state index in [0.29, 0.717) is 12.8 Å². The number of carbonyl (C=O) groups excluding carboxylic acids is 1. The standard InChI is InChI=1S/C9H15F3N2O/c1-8(2,13)7(15)14(6-3-4-6)5-9(10,11)12/h6H,3-5,13H2,1-2H3. The number of halogens is 3. The molecule has 0 aromatic heterocycles. The van der Waals surface area contributed by atoms with Crippen LogP contribution in [0.4, 0.5) is 13.2 Å². The SMILES string of the molecule is CC(C)(N)C(=O)N(CC(F)(F)F)C1CC1. The lowest BCUT2D eigenvalue weighted by molar-refractivity contribution is -0.165. The lowest BCUT2D eigenvalue weighted by Crippen LogP contribution is -2.54. The second kappa shape index (κ2) is 3.66. The molecule has 6 heteroatoms. The van der Waals surface area contributed by atoms with Gasteiger partial charge in [-0.2, -0.15) is 13.2 Å². The van der Waals surface area contributed by atoms with Gasteiger partial charge >= 0.3 is 6.18 Å². The van der Waals surface area contributed by atoms with E-state index in [1.165, 1.54) is 13.8 Å². The molecule has 0 saturated heterocycles. The summed E-state index contributed by atoms with van der Waals surface area (Å²) in [6.07, 6.45) is -3.08. The zero-order valence-corrected chi connectivity index (χ0v) is 8.77. The maximum Gasteiger partial charge on any atom is 0.406 e. The average molecular weight is 224 g/mol. The minimum Gasteiger partial charge on any atom is -0.329 e. The van der Waals surface area contributed by atoms with Crippen molar-refractivity contribution in [2.75, 3.05) is 6.54 Å². The largest absolute Gasteiger partial charge is 0.406 e. The molecule has 0 radical (unpaired) electrons. The molecule has 1 aliphatic rings. The van der Waals surface area contributed by atoms with Gasteiger partial charge in [0.2, 0.25) is 5.91 Å². The molecule has 1 rings (SSSR count). The minimum atomic E-state index is -4.36. The molecule has 0 aromatic carbocycles. The molecule has 0 heterocycles. The van der Waals surface area contributed by atoms with Crippen LogP contribution in [0.15, 0.2) is 0 Å². The maximum absolute atomic E-state index is 12.2. The van der Waals surface area contributed by atoms with E-state index in [0.717, 1.165) is 4.90 Å². The number of hydrogen-bond donors (Lipinski definition) is 1. The molecule has 88 valence electrons. The maximum atomic E-state index is 12.2. The van der Waals surface area contributed by atoms with E-state index in [9.17, 15) is 18.0 Å². The molecule has 0 aromatic rings. The quantitative estimate of drug-likeness (QED) is 0.784. The van der Waals surface area contributed by atoms with Crippen molar-refractivity contribution in [1.82, 2.24) is 4.90 Å². The zero-order chi connectivity index (χ0) is 11.9. The highest BCUT2D eigenvalue weighted by molar-refractivity contribution is 5.85. The highest BCUT2D eigenvalue weighted by Crippen LogP contribution is 2.31. The van der Waals surface area contributed by atoms with Crippen LogP contribution in [0.1, 0.15) is 26.7 Å². The van der Waals surface area contributed by atoms with Gasteiger partial charge in [0, 0.05) is 6.04 Å². The van der Waals surface area contributed by atoms with Gasteiger partial charge in [0.1, 0.15) is 6.54 Å². The molecule has 1 aliphatic carbocycles. The molecular formula is C9H15F3N2O. The van der Waals surface area contributed by atoms with Crippen molar-refractivity contribution in [2.45, 2.75) is 44.4 Å². The summed E-state index contributed by atoms with van der Waals surface area (Å²) in [4.78, 5) is 12.5. The number of nitrogens with two attached hydrogens (primary N) is 1. The predicted molar refractivity (Wildman–Crippen MR) is 49.1 cm³/mol. The summed E-state index contributed by atoms with van der Waals surface area (Å²) in [6, 6.07) is -0.276. The summed E-state index contributed by atoms with van der Waals surface area (Å²) in [5.74, 6) is -0.637. The lowest BCUT2D eigenvalue weighted by atomic mass is 10.1. The normalized spacial score (nSPS) is 17.7. The van der Waals surface area contributed by atoms with E-state index < -0.39 is 24.2 Å². The van der Waals surface area contributed by atoms with Crippen LogP contribution in [-0.4, -0.2) is 35.1 Å². The van der Waals surface area contributed by atoms with Crippen molar-refractivity contribution >= 4 is 5.91 Å². The first-order valence-electron chi connectivity index (χ1n) is 4.78. The molecule has 3 nitrogen and oxygen atoms in total. The molecule has 2 N–H and O–H groups in total. The Bertz CT molecular complexity index is 253. The van der Waals surface area contributed by atoms with E-state index >= 15 is 0 Å². The summed E-state index contributed by atoms with van der Waals surface area (Å²) in [6.45, 7) is 1.64. The summed E-state index contributed by atoms with van der Waals surface area (Å²) >= 11 is 0. The highest BCUT2D eigenvalue weighted by Gasteiger charge is 2.43. The van der Waals surface area contributed by atoms with Gasteiger partial charge in [0.15, 0.2) is 0 Å². The van der Waals surface area contributed by atoms with Crippen LogP contribution in [0.2, 0.25) is 0 Å². The Morgan fingerprint density at radius 1 is 1.40 bits per heavy atom. The van der Waals surface area contributed by atoms with Crippen LogP contribution in [0.25, 0.3) is 0 Å². The first kappa shape index (κ1) is 12.3. The Morgan fingerprint density at radius 2 is 1.87 bits per heavy atom. The molecular weight excluding hydrogens is 209 g/mol. The van der Waals surface area contributed by atoms with Crippen molar-refractivity contribution in [3.63, 3.8) is 0 Å². The molecule has 1 saturated carbocycles. The third-order valence-electron chi connectivity index (χ3n) is 2.15. The third-order valence-corrected chi connectivity index (χ3v) is 2.15. The average Bonchev–Trinajstić information content (AvgIpc) is 2.77. The molecule has 1 fully saturated rings. The van der Waals surface area contributed by atoms with Crippen LogP contribution in [0, 0.1) is 0 Å². The number of nitrogens with zero attached hydrogens (tertiary/aromatic N) is 1. The van der Waals surface area contributed by atoms with E-state index in [2.05, 4.69) is 0 Å². The van der Waals surface area contributed by atoms with Gasteiger partial charge in [-0.3, -0.25) is 4.79 Å². The minimum absolute atomic E-state index is 0.276. The number of carbonyl (C=O) groups is 1. The van der Waals surface area contributed by atoms with Crippen LogP contribution < -0.4 is 5.73 Å². The van der Waals surface area contributed by atoms with Gasteiger partial charge in [0.05, 0.1) is 5.54 Å². The van der Waals surface area contributed by atoms with Crippen LogP contribution in [-0.2, 0) is 4.79 Å². The molecule has 0 unspecified atom stereocenters. The van der Waals surface area contributed by atoms with Gasteiger partial charge in [-0.1, -0.05) is 0 Å². The number of alkyl halides is 3. The molecule has 0 spiro atoms. The Labute approximate surface area is 86.4 Å². The fourth-order valence-electron chi connectivity index (χ4n) is 1.32. The number of amides is 1. The van der Waals surface area contributed by atoms with Crippen molar-refractivity contribution < 1.29 is 18.0 Å². The molecule has 1 amide bonds. The van der Waals surface area contributed by atoms with Crippen molar-refractivity contribution in [3.8, 4) is 0 Å². The summed E-state index contributed by atoms with van der Waals surface area (Å²) in [7, 11) is 0. The van der Waals surface area contributed by atoms with Crippen LogP contribution in [0.5, 0.6) is 0 Å². The summed E-state index contributed by atoms with van der Waals surface area (Å²) in [5, 5.41) is 0. The van der Waals surface area contributed by atoms with Gasteiger partial charge in [0.25, 0.3) is 0 Å². The summed E-state index contributed by atoms with van der Waals surface area (Å²) < 4.78 is 36.6. The number of rotatable bonds is 3. The van der Waals surface area contributed by atoms with Crippen LogP contribution in [0.3, 0.4) is 0 Å². The van der Waals surface area contributed by atoms with E-state index in [-0.39, 0.29) is 6.04 Å². The van der Waals surface area contributed by atoms with Gasteiger partial charge < -0.3 is 10.6 Å². The van der Waals surface area contributed by atoms with Gasteiger partial charge in [-0.05, 0) is 26.7 Å². The van der Waals surface area contributed by atoms with E-state index in [1.54, 1.807) is 0 Å². The highest BCUT2D eigenvalue weighted by atomic mass is 19.4. The Kier molecular flexibility index (Phi) is 3.00. The van der Waals surface area contributed by atoms with Gasteiger partial charge in [-0.15, -0.1) is 0 Å². The summed E-state index contributed by atoms with van der Waals surface area (Å²) in [5.41, 5.74) is 4.26. The smallest absolute Gasteiger partial charge is 0.329 e. The van der Waals surface area contributed by atoms with Crippen LogP contribution >= 0.6 is 0 Å². The van der Waals surface area contributed by atoms with Crippen molar-refractivity contribution in [2.24, 2.45) is 5.73 Å². The van der Waals surface area contributed by atoms with Gasteiger partial charge in [-0.25, -0.2) is 0 Å². The van der Waals surface area contributed by atoms with Crippen molar-refractivity contribution in [1.29, 1.82) is 0 Å². The molecule has 0 bridgehead atoms. The Hall–Kier alpha value is -0.780. The van der Waals surface area contributed by atoms with E-state index in [1.807, 2.05) is 0 Å². The second-order valence-corrected chi connectivity index (χ2v) is 4.50. The topological polar surface area (TPSA) is 46.3 Å². The third kappa shape index (κ3) is 3.70. The Balaban J connectivity index is 2.71. The lowest BCUT2D eigenvalue weighted by Gasteiger charge is -2.30. The predicted octanol–water partition coefficient (Wildman–Crippen LogP) is 1.28. The van der Waals surface area contributed by atoms with E-state index in [4.69, 9.17) is 5.73 Å². The monoisotopic (exact) mass is 224 g/mol. The fraction of sp³-hybridized carbons (Fsp3) is 0.889. The number of hydrogen-bond acceptors (Lipinski definition) is 2. The molecule has 15 heavy (non-hydrogen) atoms. The fourth-order valence-corrected chi connectivity index (χ4v) is 1.32. The molecule has 0 aliphatic heterocycles. The second-order valence-electron chi connectivity index (χ2n) is 4.50.